The summed E-state index contributed by atoms with van der Waals surface area (Å²) in [5.41, 5.74) is 0.546. The number of anilines is 1. The number of nitrogens with one attached hydrogen (secondary N) is 2. The van der Waals surface area contributed by atoms with E-state index in [4.69, 9.17) is 11.6 Å². The number of rotatable bonds is 3. The molecule has 1 aromatic heterocycles. The minimum Gasteiger partial charge on any atom is -0.308 e. The van der Waals surface area contributed by atoms with Crippen LogP contribution in [0.3, 0.4) is 0 Å². The van der Waals surface area contributed by atoms with Gasteiger partial charge >= 0.3 is 0 Å². The molecule has 7 heteroatoms. The largest absolute Gasteiger partial charge is 0.308 e. The normalized spacial score (nSPS) is 18.1. The molecule has 0 bridgehead atoms. The van der Waals surface area contributed by atoms with Crippen molar-refractivity contribution in [3.05, 3.63) is 39.9 Å². The summed E-state index contributed by atoms with van der Waals surface area (Å²) in [7, 11) is 0. The fourth-order valence-electron chi connectivity index (χ4n) is 2.09. The number of halogens is 1. The first-order valence-electron chi connectivity index (χ1n) is 6.36. The summed E-state index contributed by atoms with van der Waals surface area (Å²) in [6.07, 6.45) is 2.22. The average molecular weight is 309 g/mol. The maximum atomic E-state index is 12.0. The molecular formula is C13H13ClN4OS. The van der Waals surface area contributed by atoms with E-state index < -0.39 is 0 Å². The summed E-state index contributed by atoms with van der Waals surface area (Å²) in [5.74, 6) is -0.205. The van der Waals surface area contributed by atoms with Crippen LogP contribution in [-0.4, -0.2) is 22.6 Å². The van der Waals surface area contributed by atoms with E-state index in [0.717, 1.165) is 24.4 Å². The van der Waals surface area contributed by atoms with Gasteiger partial charge in [0.25, 0.3) is 5.91 Å². The summed E-state index contributed by atoms with van der Waals surface area (Å²) < 4.78 is 0. The molecule has 1 saturated heterocycles. The van der Waals surface area contributed by atoms with Crippen molar-refractivity contribution in [2.24, 2.45) is 0 Å². The monoisotopic (exact) mass is 308 g/mol. The Morgan fingerprint density at radius 2 is 2.15 bits per heavy atom. The number of nitrogens with zero attached hydrogens (tertiary/aromatic N) is 2. The molecule has 1 aliphatic heterocycles. The molecule has 2 aromatic rings. The van der Waals surface area contributed by atoms with E-state index in [1.807, 2.05) is 0 Å². The first-order valence-corrected chi connectivity index (χ1v) is 7.55. The number of carbonyl (C=O) groups excluding carboxylic acids is 1. The molecule has 104 valence electrons. The van der Waals surface area contributed by atoms with Crippen LogP contribution >= 0.6 is 22.9 Å². The smallest absolute Gasteiger partial charge is 0.257 e. The summed E-state index contributed by atoms with van der Waals surface area (Å²) in [4.78, 5) is 12.0. The molecule has 1 unspecified atom stereocenters. The highest BCUT2D eigenvalue weighted by Crippen LogP contribution is 2.27. The highest BCUT2D eigenvalue weighted by atomic mass is 35.5. The van der Waals surface area contributed by atoms with Gasteiger partial charge in [0.05, 0.1) is 6.04 Å². The van der Waals surface area contributed by atoms with Gasteiger partial charge in [0.1, 0.15) is 5.01 Å². The molecule has 1 amide bonds. The van der Waals surface area contributed by atoms with Crippen LogP contribution in [0.5, 0.6) is 0 Å². The number of aromatic nitrogens is 2. The summed E-state index contributed by atoms with van der Waals surface area (Å²) in [6, 6.07) is 7.00. The van der Waals surface area contributed by atoms with E-state index >= 15 is 0 Å². The molecule has 1 aromatic carbocycles. The Bertz CT molecular complexity index is 607. The number of carbonyl (C=O) groups is 1. The second-order valence-electron chi connectivity index (χ2n) is 4.56. The number of hydrogen-bond donors (Lipinski definition) is 2. The predicted molar refractivity (Wildman–Crippen MR) is 79.3 cm³/mol. The lowest BCUT2D eigenvalue weighted by atomic mass is 10.2. The third kappa shape index (κ3) is 2.98. The van der Waals surface area contributed by atoms with Gasteiger partial charge in [-0.3, -0.25) is 10.1 Å². The van der Waals surface area contributed by atoms with Crippen LogP contribution in [0.25, 0.3) is 0 Å². The van der Waals surface area contributed by atoms with Crippen molar-refractivity contribution in [3.63, 3.8) is 0 Å². The molecule has 2 N–H and O–H groups in total. The fourth-order valence-corrected chi connectivity index (χ4v) is 3.07. The molecule has 0 aliphatic carbocycles. The highest BCUT2D eigenvalue weighted by Gasteiger charge is 2.21. The lowest BCUT2D eigenvalue weighted by molar-refractivity contribution is 0.102. The molecule has 1 aliphatic rings. The molecular weight excluding hydrogens is 296 g/mol. The standard InChI is InChI=1S/C13H13ClN4OS/c14-9-5-3-8(4-6-9)11(19)16-13-18-17-12(20-13)10-2-1-7-15-10/h3-6,10,15H,1-2,7H2,(H,16,18,19). The second kappa shape index (κ2) is 5.87. The van der Waals surface area contributed by atoms with Crippen molar-refractivity contribution >= 4 is 34.0 Å². The minimum atomic E-state index is -0.205. The first kappa shape index (κ1) is 13.5. The third-order valence-electron chi connectivity index (χ3n) is 3.13. The highest BCUT2D eigenvalue weighted by molar-refractivity contribution is 7.15. The van der Waals surface area contributed by atoms with Gasteiger partial charge in [0.15, 0.2) is 0 Å². The molecule has 1 fully saturated rings. The van der Waals surface area contributed by atoms with E-state index in [9.17, 15) is 4.79 Å². The first-order chi connectivity index (χ1) is 9.72. The van der Waals surface area contributed by atoms with Crippen molar-refractivity contribution < 1.29 is 4.79 Å². The van der Waals surface area contributed by atoms with Crippen LogP contribution in [0.1, 0.15) is 34.2 Å². The van der Waals surface area contributed by atoms with E-state index in [2.05, 4.69) is 20.8 Å². The van der Waals surface area contributed by atoms with Crippen molar-refractivity contribution in [1.82, 2.24) is 15.5 Å². The van der Waals surface area contributed by atoms with Crippen LogP contribution in [-0.2, 0) is 0 Å². The Labute approximate surface area is 125 Å². The summed E-state index contributed by atoms with van der Waals surface area (Å²) in [5, 5.41) is 16.3. The number of benzene rings is 1. The van der Waals surface area contributed by atoms with Crippen molar-refractivity contribution in [3.8, 4) is 0 Å². The number of amides is 1. The lowest BCUT2D eigenvalue weighted by Gasteiger charge is -2.03. The molecule has 1 atom stereocenters. The lowest BCUT2D eigenvalue weighted by Crippen LogP contribution is -2.12. The van der Waals surface area contributed by atoms with Gasteiger partial charge in [-0.25, -0.2) is 0 Å². The topological polar surface area (TPSA) is 66.9 Å². The zero-order valence-electron chi connectivity index (χ0n) is 10.6. The Balaban J connectivity index is 1.68. The van der Waals surface area contributed by atoms with Gasteiger partial charge in [0, 0.05) is 10.6 Å². The molecule has 2 heterocycles. The van der Waals surface area contributed by atoms with Crippen molar-refractivity contribution in [1.29, 1.82) is 0 Å². The van der Waals surface area contributed by atoms with Crippen LogP contribution < -0.4 is 10.6 Å². The average Bonchev–Trinajstić information content (AvgIpc) is 3.09. The SMILES string of the molecule is O=C(Nc1nnc(C2CCCN2)s1)c1ccc(Cl)cc1. The van der Waals surface area contributed by atoms with Crippen LogP contribution in [0.4, 0.5) is 5.13 Å². The minimum absolute atomic E-state index is 0.205. The van der Waals surface area contributed by atoms with Gasteiger partial charge in [0.2, 0.25) is 5.13 Å². The predicted octanol–water partition coefficient (Wildman–Crippen LogP) is 2.87. The maximum Gasteiger partial charge on any atom is 0.257 e. The summed E-state index contributed by atoms with van der Waals surface area (Å²) in [6.45, 7) is 1.01. The van der Waals surface area contributed by atoms with Crippen molar-refractivity contribution in [2.75, 3.05) is 11.9 Å². The zero-order chi connectivity index (χ0) is 13.9. The molecule has 3 rings (SSSR count). The third-order valence-corrected chi connectivity index (χ3v) is 4.33. The summed E-state index contributed by atoms with van der Waals surface area (Å²) >= 11 is 7.21. The number of hydrogen-bond acceptors (Lipinski definition) is 5. The zero-order valence-corrected chi connectivity index (χ0v) is 12.2. The molecule has 0 spiro atoms. The Morgan fingerprint density at radius 1 is 1.35 bits per heavy atom. The van der Waals surface area contributed by atoms with Crippen LogP contribution in [0.2, 0.25) is 5.02 Å². The maximum absolute atomic E-state index is 12.0. The van der Waals surface area contributed by atoms with E-state index in [0.29, 0.717) is 15.7 Å². The molecule has 0 saturated carbocycles. The van der Waals surface area contributed by atoms with E-state index in [1.54, 1.807) is 24.3 Å². The van der Waals surface area contributed by atoms with Gasteiger partial charge < -0.3 is 5.32 Å². The second-order valence-corrected chi connectivity index (χ2v) is 6.00. The van der Waals surface area contributed by atoms with E-state index in [-0.39, 0.29) is 11.9 Å². The molecule has 20 heavy (non-hydrogen) atoms. The Hall–Kier alpha value is -1.50. The Kier molecular flexibility index (Phi) is 3.95. The van der Waals surface area contributed by atoms with Crippen LogP contribution in [0.15, 0.2) is 24.3 Å². The molecule has 5 nitrogen and oxygen atoms in total. The molecule has 0 radical (unpaired) electrons. The quantitative estimate of drug-likeness (QED) is 0.915. The van der Waals surface area contributed by atoms with E-state index in [1.165, 1.54) is 11.3 Å². The van der Waals surface area contributed by atoms with Gasteiger partial charge in [-0.05, 0) is 43.7 Å². The van der Waals surface area contributed by atoms with Gasteiger partial charge in [-0.1, -0.05) is 22.9 Å². The fraction of sp³-hybridized carbons (Fsp3) is 0.308. The van der Waals surface area contributed by atoms with Gasteiger partial charge in [-0.15, -0.1) is 10.2 Å². The van der Waals surface area contributed by atoms with Gasteiger partial charge in [-0.2, -0.15) is 0 Å². The van der Waals surface area contributed by atoms with Crippen molar-refractivity contribution in [2.45, 2.75) is 18.9 Å². The van der Waals surface area contributed by atoms with Crippen LogP contribution in [0, 0.1) is 0 Å². The Morgan fingerprint density at radius 3 is 2.85 bits per heavy atom.